The Morgan fingerprint density at radius 3 is 2.64 bits per heavy atom. The summed E-state index contributed by atoms with van der Waals surface area (Å²) in [4.78, 5) is 7.86. The molecule has 28 heavy (non-hydrogen) atoms. The van der Waals surface area contributed by atoms with Crippen molar-refractivity contribution in [3.05, 3.63) is 53.6 Å². The second-order valence-corrected chi connectivity index (χ2v) is 6.19. The maximum absolute atomic E-state index is 12.8. The van der Waals surface area contributed by atoms with Crippen LogP contribution in [-0.4, -0.2) is 29.1 Å². The van der Waals surface area contributed by atoms with E-state index in [0.717, 1.165) is 16.7 Å². The first-order valence-electron chi connectivity index (χ1n) is 8.64. The predicted octanol–water partition coefficient (Wildman–Crippen LogP) is 4.16. The lowest BCUT2D eigenvalue weighted by Gasteiger charge is -2.16. The quantitative estimate of drug-likeness (QED) is 0.415. The number of benzene rings is 1. The smallest absolute Gasteiger partial charge is 0.356 e. The maximum Gasteiger partial charge on any atom is 0.416 e. The fourth-order valence-electron chi connectivity index (χ4n) is 2.64. The molecule has 1 heterocycles. The summed E-state index contributed by atoms with van der Waals surface area (Å²) in [6.07, 6.45) is -1.33. The van der Waals surface area contributed by atoms with Gasteiger partial charge in [0, 0.05) is 26.0 Å². The molecular formula is C18H22F5N5. The van der Waals surface area contributed by atoms with Crippen LogP contribution in [0.1, 0.15) is 42.8 Å². The Balaban J connectivity index is 1.85. The predicted molar refractivity (Wildman–Crippen MR) is 96.2 cm³/mol. The number of aliphatic imine (C=N–C) groups is 1. The van der Waals surface area contributed by atoms with Gasteiger partial charge in [-0.2, -0.15) is 22.0 Å². The van der Waals surface area contributed by atoms with Crippen LogP contribution >= 0.6 is 0 Å². The van der Waals surface area contributed by atoms with Crippen LogP contribution in [-0.2, 0) is 12.7 Å². The van der Waals surface area contributed by atoms with E-state index in [0.29, 0.717) is 24.5 Å². The summed E-state index contributed by atoms with van der Waals surface area (Å²) in [5.74, 6) is 0.445. The van der Waals surface area contributed by atoms with Gasteiger partial charge >= 0.3 is 12.7 Å². The minimum absolute atomic E-state index is 0.0557. The molecule has 0 saturated carbocycles. The molecule has 0 aliphatic rings. The standard InChI is InChI=1S/C18H22F5N5/c1-12(13-4-3-5-14(10-13)18(21,22)23)6-7-26-17(24-2)27-11-15-25-8-9-28(15)16(19)20/h3-5,8-10,12,16H,6-7,11H2,1-2H3,(H2,24,26,27). The van der Waals surface area contributed by atoms with E-state index in [1.54, 1.807) is 6.07 Å². The Bertz CT molecular complexity index is 785. The highest BCUT2D eigenvalue weighted by Gasteiger charge is 2.30. The SMILES string of the molecule is CN=C(NCCC(C)c1cccc(C(F)(F)F)c1)NCc1nccn1C(F)F. The van der Waals surface area contributed by atoms with Crippen LogP contribution in [0, 0.1) is 0 Å². The summed E-state index contributed by atoms with van der Waals surface area (Å²) in [7, 11) is 1.53. The Morgan fingerprint density at radius 1 is 1.25 bits per heavy atom. The number of alkyl halides is 5. The van der Waals surface area contributed by atoms with Crippen LogP contribution in [0.25, 0.3) is 0 Å². The summed E-state index contributed by atoms with van der Waals surface area (Å²) >= 11 is 0. The van der Waals surface area contributed by atoms with Gasteiger partial charge in [-0.15, -0.1) is 0 Å². The number of halogens is 5. The minimum Gasteiger partial charge on any atom is -0.356 e. The lowest BCUT2D eigenvalue weighted by atomic mass is 9.96. The molecule has 1 atom stereocenters. The molecule has 154 valence electrons. The zero-order valence-corrected chi connectivity index (χ0v) is 15.5. The van der Waals surface area contributed by atoms with E-state index < -0.39 is 18.3 Å². The van der Waals surface area contributed by atoms with E-state index in [4.69, 9.17) is 0 Å². The number of hydrogen-bond acceptors (Lipinski definition) is 2. The molecule has 0 fully saturated rings. The summed E-state index contributed by atoms with van der Waals surface area (Å²) in [5.41, 5.74) is -0.0738. The van der Waals surface area contributed by atoms with Crippen molar-refractivity contribution in [2.75, 3.05) is 13.6 Å². The first-order valence-corrected chi connectivity index (χ1v) is 8.64. The molecule has 1 unspecified atom stereocenters. The van der Waals surface area contributed by atoms with Crippen molar-refractivity contribution in [2.24, 2.45) is 4.99 Å². The molecule has 0 radical (unpaired) electrons. The van der Waals surface area contributed by atoms with Gasteiger partial charge in [-0.25, -0.2) is 4.98 Å². The number of guanidine groups is 1. The average Bonchev–Trinajstić information content (AvgIpc) is 3.12. The summed E-state index contributed by atoms with van der Waals surface area (Å²) in [6.45, 7) is -0.338. The number of aromatic nitrogens is 2. The molecule has 0 aliphatic heterocycles. The van der Waals surface area contributed by atoms with Crippen LogP contribution in [0.5, 0.6) is 0 Å². The van der Waals surface area contributed by atoms with Gasteiger partial charge in [0.2, 0.25) is 0 Å². The number of hydrogen-bond donors (Lipinski definition) is 2. The molecule has 0 bridgehead atoms. The molecule has 2 rings (SSSR count). The summed E-state index contributed by atoms with van der Waals surface area (Å²) < 4.78 is 64.8. The van der Waals surface area contributed by atoms with Crippen molar-refractivity contribution in [3.63, 3.8) is 0 Å². The third-order valence-electron chi connectivity index (χ3n) is 4.25. The Labute approximate surface area is 159 Å². The van der Waals surface area contributed by atoms with Crippen LogP contribution in [0.2, 0.25) is 0 Å². The van der Waals surface area contributed by atoms with E-state index in [1.165, 1.54) is 25.5 Å². The van der Waals surface area contributed by atoms with Gasteiger partial charge in [0.15, 0.2) is 5.96 Å². The van der Waals surface area contributed by atoms with Crippen LogP contribution < -0.4 is 10.6 Å². The van der Waals surface area contributed by atoms with E-state index in [9.17, 15) is 22.0 Å². The van der Waals surface area contributed by atoms with Crippen LogP contribution in [0.4, 0.5) is 22.0 Å². The van der Waals surface area contributed by atoms with Gasteiger partial charge in [0.05, 0.1) is 12.1 Å². The molecule has 0 spiro atoms. The lowest BCUT2D eigenvalue weighted by Crippen LogP contribution is -2.38. The van der Waals surface area contributed by atoms with Crippen molar-refractivity contribution in [3.8, 4) is 0 Å². The van der Waals surface area contributed by atoms with Gasteiger partial charge in [0.1, 0.15) is 5.82 Å². The molecule has 0 amide bonds. The molecule has 1 aromatic heterocycles. The van der Waals surface area contributed by atoms with E-state index in [-0.39, 0.29) is 18.3 Å². The van der Waals surface area contributed by atoms with E-state index in [1.807, 2.05) is 6.92 Å². The normalized spacial score (nSPS) is 13.6. The van der Waals surface area contributed by atoms with Crippen molar-refractivity contribution < 1.29 is 22.0 Å². The first-order chi connectivity index (χ1) is 13.2. The molecule has 5 nitrogen and oxygen atoms in total. The summed E-state index contributed by atoms with van der Waals surface area (Å²) in [5, 5.41) is 5.90. The highest BCUT2D eigenvalue weighted by atomic mass is 19.4. The van der Waals surface area contributed by atoms with Crippen LogP contribution in [0.3, 0.4) is 0 Å². The van der Waals surface area contributed by atoms with Gasteiger partial charge in [0.25, 0.3) is 0 Å². The lowest BCUT2D eigenvalue weighted by molar-refractivity contribution is -0.137. The first kappa shape index (κ1) is 21.6. The van der Waals surface area contributed by atoms with Crippen molar-refractivity contribution >= 4 is 5.96 Å². The van der Waals surface area contributed by atoms with Crippen molar-refractivity contribution in [2.45, 2.75) is 38.5 Å². The maximum atomic E-state index is 12.8. The van der Waals surface area contributed by atoms with E-state index >= 15 is 0 Å². The summed E-state index contributed by atoms with van der Waals surface area (Å²) in [6, 6.07) is 5.26. The average molecular weight is 403 g/mol. The van der Waals surface area contributed by atoms with Crippen LogP contribution in [0.15, 0.2) is 41.7 Å². The fraction of sp³-hybridized carbons (Fsp3) is 0.444. The number of nitrogens with one attached hydrogen (secondary N) is 2. The number of imidazole rings is 1. The molecule has 0 aliphatic carbocycles. The zero-order chi connectivity index (χ0) is 20.7. The molecule has 10 heteroatoms. The number of nitrogens with zero attached hydrogens (tertiary/aromatic N) is 3. The second kappa shape index (κ2) is 9.52. The molecular weight excluding hydrogens is 381 g/mol. The topological polar surface area (TPSA) is 54.2 Å². The highest BCUT2D eigenvalue weighted by Crippen LogP contribution is 2.31. The minimum atomic E-state index is -4.37. The highest BCUT2D eigenvalue weighted by molar-refractivity contribution is 5.79. The van der Waals surface area contributed by atoms with Gasteiger partial charge in [-0.05, 0) is 24.0 Å². The molecule has 2 aromatic rings. The Hall–Kier alpha value is -2.65. The zero-order valence-electron chi connectivity index (χ0n) is 15.5. The third kappa shape index (κ3) is 5.93. The monoisotopic (exact) mass is 403 g/mol. The third-order valence-corrected chi connectivity index (χ3v) is 4.25. The van der Waals surface area contributed by atoms with Gasteiger partial charge in [-0.1, -0.05) is 25.1 Å². The van der Waals surface area contributed by atoms with Gasteiger partial charge < -0.3 is 10.6 Å². The number of rotatable bonds is 7. The molecule has 0 saturated heterocycles. The van der Waals surface area contributed by atoms with E-state index in [2.05, 4.69) is 20.6 Å². The Kier molecular flexibility index (Phi) is 7.36. The fourth-order valence-corrected chi connectivity index (χ4v) is 2.64. The largest absolute Gasteiger partial charge is 0.416 e. The van der Waals surface area contributed by atoms with Crippen molar-refractivity contribution in [1.82, 2.24) is 20.2 Å². The molecule has 2 N–H and O–H groups in total. The van der Waals surface area contributed by atoms with Gasteiger partial charge in [-0.3, -0.25) is 9.56 Å². The second-order valence-electron chi connectivity index (χ2n) is 6.19. The molecule has 1 aromatic carbocycles. The van der Waals surface area contributed by atoms with Crippen molar-refractivity contribution in [1.29, 1.82) is 0 Å². The Morgan fingerprint density at radius 2 is 2.00 bits per heavy atom.